The Labute approximate surface area is 138 Å². The summed E-state index contributed by atoms with van der Waals surface area (Å²) < 4.78 is 144. The molecule has 1 rings (SSSR count). The monoisotopic (exact) mass is 408 g/mol. The fraction of sp³-hybridized carbons (Fsp3) is 0.538. The second-order valence-corrected chi connectivity index (χ2v) is 5.59. The molecule has 12 heteroatoms. The number of alkyl halides is 12. The Hall–Kier alpha value is -1.26. The second kappa shape index (κ2) is 6.17. The smallest absolute Gasteiger partial charge is 0.195 e. The number of rotatable bonds is 3. The molecule has 0 radical (unpaired) electrons. The quantitative estimate of drug-likeness (QED) is 0.391. The molecule has 0 saturated heterocycles. The van der Waals surface area contributed by atoms with E-state index in [4.69, 9.17) is 11.6 Å². The third-order valence-electron chi connectivity index (χ3n) is 3.50. The van der Waals surface area contributed by atoms with Crippen molar-refractivity contribution in [1.82, 2.24) is 0 Å². The molecule has 0 heterocycles. The minimum Gasteiger partial charge on any atom is -0.195 e. The van der Waals surface area contributed by atoms with Crippen molar-refractivity contribution in [3.05, 3.63) is 35.4 Å². The van der Waals surface area contributed by atoms with Gasteiger partial charge in [-0.2, -0.15) is 48.3 Å². The SMILES string of the molecule is Cc1ccc(C(Cl)C(C(F)(F)F)(C(F)(F)F)C(F)(F)C(F)(F)F)cc1. The van der Waals surface area contributed by atoms with Gasteiger partial charge in [0.25, 0.3) is 5.41 Å². The van der Waals surface area contributed by atoms with Crippen LogP contribution in [-0.4, -0.2) is 24.5 Å². The number of aryl methyl sites for hydroxylation is 1. The van der Waals surface area contributed by atoms with E-state index in [0.29, 0.717) is 17.7 Å². The number of halogens is 12. The second-order valence-electron chi connectivity index (χ2n) is 5.15. The molecule has 0 spiro atoms. The zero-order valence-corrected chi connectivity index (χ0v) is 12.7. The zero-order chi connectivity index (χ0) is 20.1. The average Bonchev–Trinajstić information content (AvgIpc) is 2.34. The molecule has 1 unspecified atom stereocenters. The van der Waals surface area contributed by atoms with E-state index in [-0.39, 0.29) is 0 Å². The van der Waals surface area contributed by atoms with Gasteiger partial charge in [0.2, 0.25) is 0 Å². The highest BCUT2D eigenvalue weighted by Crippen LogP contribution is 2.69. The van der Waals surface area contributed by atoms with Gasteiger partial charge < -0.3 is 0 Å². The molecule has 144 valence electrons. The van der Waals surface area contributed by atoms with Crippen LogP contribution in [0.15, 0.2) is 24.3 Å². The lowest BCUT2D eigenvalue weighted by Crippen LogP contribution is -2.68. The van der Waals surface area contributed by atoms with Crippen molar-refractivity contribution in [3.8, 4) is 0 Å². The predicted octanol–water partition coefficient (Wildman–Crippen LogP) is 6.58. The molecule has 0 aliphatic heterocycles. The van der Waals surface area contributed by atoms with Crippen LogP contribution in [0.25, 0.3) is 0 Å². The highest BCUT2D eigenvalue weighted by molar-refractivity contribution is 6.21. The number of hydrogen-bond acceptors (Lipinski definition) is 0. The van der Waals surface area contributed by atoms with Gasteiger partial charge in [-0.1, -0.05) is 29.8 Å². The van der Waals surface area contributed by atoms with Crippen LogP contribution in [0.5, 0.6) is 0 Å². The summed E-state index contributed by atoms with van der Waals surface area (Å²) in [5.74, 6) is -7.24. The Morgan fingerprint density at radius 1 is 0.680 bits per heavy atom. The number of benzene rings is 1. The van der Waals surface area contributed by atoms with Gasteiger partial charge in [0.1, 0.15) is 0 Å². The van der Waals surface area contributed by atoms with Crippen molar-refractivity contribution < 1.29 is 48.3 Å². The summed E-state index contributed by atoms with van der Waals surface area (Å²) in [6.07, 6.45) is -21.3. The summed E-state index contributed by atoms with van der Waals surface area (Å²) in [7, 11) is 0. The Bertz CT molecular complexity index is 580. The standard InChI is InChI=1S/C13H8ClF11/c1-6-2-4-7(5-3-6)8(14)9(11(17,18)19,12(20,21)22)10(15,16)13(23,24)25/h2-5,8H,1H3. The Morgan fingerprint density at radius 2 is 1.04 bits per heavy atom. The first-order valence-electron chi connectivity index (χ1n) is 6.20. The zero-order valence-electron chi connectivity index (χ0n) is 11.9. The summed E-state index contributed by atoms with van der Waals surface area (Å²) in [5, 5.41) is -3.79. The fourth-order valence-corrected chi connectivity index (χ4v) is 2.70. The van der Waals surface area contributed by atoms with Crippen LogP contribution in [-0.2, 0) is 0 Å². The molecule has 1 aromatic carbocycles. The van der Waals surface area contributed by atoms with Crippen LogP contribution < -0.4 is 0 Å². The maximum atomic E-state index is 13.6. The molecular weight excluding hydrogens is 401 g/mol. The van der Waals surface area contributed by atoms with E-state index in [2.05, 4.69) is 0 Å². The highest BCUT2D eigenvalue weighted by Gasteiger charge is 2.91. The van der Waals surface area contributed by atoms with Crippen LogP contribution in [0.1, 0.15) is 16.5 Å². The first kappa shape index (κ1) is 21.8. The van der Waals surface area contributed by atoms with Crippen molar-refractivity contribution in [1.29, 1.82) is 0 Å². The largest absolute Gasteiger partial charge is 0.454 e. The Kier molecular flexibility index (Phi) is 5.37. The molecule has 0 nitrogen and oxygen atoms in total. The minimum atomic E-state index is -7.24. The van der Waals surface area contributed by atoms with Crippen molar-refractivity contribution in [2.24, 2.45) is 5.41 Å². The van der Waals surface area contributed by atoms with E-state index in [1.165, 1.54) is 6.92 Å². The van der Waals surface area contributed by atoms with E-state index in [0.717, 1.165) is 12.1 Å². The summed E-state index contributed by atoms with van der Waals surface area (Å²) in [5.41, 5.74) is -7.46. The molecule has 0 amide bonds. The third kappa shape index (κ3) is 3.26. The van der Waals surface area contributed by atoms with Gasteiger partial charge >= 0.3 is 24.5 Å². The highest BCUT2D eigenvalue weighted by atomic mass is 35.5. The molecule has 25 heavy (non-hydrogen) atoms. The molecule has 0 saturated carbocycles. The van der Waals surface area contributed by atoms with Crippen LogP contribution >= 0.6 is 11.6 Å². The van der Waals surface area contributed by atoms with Crippen LogP contribution in [0.4, 0.5) is 48.3 Å². The van der Waals surface area contributed by atoms with Gasteiger partial charge in [0, 0.05) is 0 Å². The summed E-state index contributed by atoms with van der Waals surface area (Å²) in [6, 6.07) is 2.89. The predicted molar refractivity (Wildman–Crippen MR) is 65.3 cm³/mol. The molecule has 1 aromatic rings. The van der Waals surface area contributed by atoms with Gasteiger partial charge in [-0.15, -0.1) is 11.6 Å². The lowest BCUT2D eigenvalue weighted by atomic mass is 9.73. The lowest BCUT2D eigenvalue weighted by molar-refractivity contribution is -0.449. The van der Waals surface area contributed by atoms with Crippen molar-refractivity contribution in [2.75, 3.05) is 0 Å². The van der Waals surface area contributed by atoms with Crippen molar-refractivity contribution in [2.45, 2.75) is 36.8 Å². The van der Waals surface area contributed by atoms with E-state index >= 15 is 0 Å². The van der Waals surface area contributed by atoms with Crippen LogP contribution in [0, 0.1) is 12.3 Å². The van der Waals surface area contributed by atoms with Crippen LogP contribution in [0.3, 0.4) is 0 Å². The lowest BCUT2D eigenvalue weighted by Gasteiger charge is -2.45. The average molecular weight is 409 g/mol. The third-order valence-corrected chi connectivity index (χ3v) is 4.08. The molecular formula is C13H8ClF11. The normalized spacial score (nSPS) is 16.0. The van der Waals surface area contributed by atoms with Gasteiger partial charge in [0.15, 0.2) is 0 Å². The summed E-state index contributed by atoms with van der Waals surface area (Å²) in [4.78, 5) is 0. The first-order valence-corrected chi connectivity index (χ1v) is 6.63. The van der Waals surface area contributed by atoms with E-state index in [1.807, 2.05) is 0 Å². The minimum absolute atomic E-state index is 0.305. The number of hydrogen-bond donors (Lipinski definition) is 0. The summed E-state index contributed by atoms with van der Waals surface area (Å²) >= 11 is 5.02. The fourth-order valence-electron chi connectivity index (χ4n) is 2.17. The first-order chi connectivity index (χ1) is 10.9. The molecule has 0 aliphatic carbocycles. The molecule has 1 atom stereocenters. The maximum absolute atomic E-state index is 13.6. The van der Waals surface area contributed by atoms with Gasteiger partial charge in [0.05, 0.1) is 5.38 Å². The van der Waals surface area contributed by atoms with Gasteiger partial charge in [-0.25, -0.2) is 0 Å². The van der Waals surface area contributed by atoms with Gasteiger partial charge in [-0.05, 0) is 12.5 Å². The van der Waals surface area contributed by atoms with Crippen LogP contribution in [0.2, 0.25) is 0 Å². The maximum Gasteiger partial charge on any atom is 0.454 e. The van der Waals surface area contributed by atoms with E-state index in [9.17, 15) is 48.3 Å². The Morgan fingerprint density at radius 3 is 1.32 bits per heavy atom. The molecule has 0 aliphatic rings. The van der Waals surface area contributed by atoms with E-state index < -0.39 is 40.8 Å². The van der Waals surface area contributed by atoms with Crippen molar-refractivity contribution in [3.63, 3.8) is 0 Å². The van der Waals surface area contributed by atoms with Gasteiger partial charge in [-0.3, -0.25) is 0 Å². The van der Waals surface area contributed by atoms with Crippen molar-refractivity contribution >= 4 is 11.6 Å². The molecule has 0 bridgehead atoms. The molecule has 0 aromatic heterocycles. The molecule has 0 N–H and O–H groups in total. The Balaban J connectivity index is 3.88. The summed E-state index contributed by atoms with van der Waals surface area (Å²) in [6.45, 7) is 1.36. The van der Waals surface area contributed by atoms with E-state index in [1.54, 1.807) is 0 Å². The molecule has 0 fully saturated rings. The topological polar surface area (TPSA) is 0 Å².